The minimum Gasteiger partial charge on any atom is -0.379 e. The number of pyridine rings is 1. The van der Waals surface area contributed by atoms with Crippen molar-refractivity contribution in [1.29, 1.82) is 0 Å². The average Bonchev–Trinajstić information content (AvgIpc) is 3.53. The minimum atomic E-state index is -0.436. The van der Waals surface area contributed by atoms with E-state index in [0.717, 1.165) is 46.7 Å². The number of aromatic nitrogens is 3. The lowest BCUT2D eigenvalue weighted by Crippen LogP contribution is -2.39. The molecule has 0 aromatic carbocycles. The Hall–Kier alpha value is -3.56. The van der Waals surface area contributed by atoms with E-state index in [2.05, 4.69) is 49.0 Å². The number of ether oxygens (including phenoxy) is 1. The number of aromatic amines is 1. The van der Waals surface area contributed by atoms with Crippen LogP contribution in [0.25, 0.3) is 16.8 Å². The third-order valence-corrected chi connectivity index (χ3v) is 7.27. The van der Waals surface area contributed by atoms with Gasteiger partial charge in [0.1, 0.15) is 0 Å². The Bertz CT molecular complexity index is 1360. The average molecular weight is 489 g/mol. The number of fused-ring (bicyclic) bond motifs is 1. The second kappa shape index (κ2) is 9.83. The summed E-state index contributed by atoms with van der Waals surface area (Å²) < 4.78 is 7.75. The quantitative estimate of drug-likeness (QED) is 0.554. The zero-order valence-corrected chi connectivity index (χ0v) is 21.2. The second-order valence-electron chi connectivity index (χ2n) is 9.63. The van der Waals surface area contributed by atoms with Crippen molar-refractivity contribution in [1.82, 2.24) is 24.8 Å². The van der Waals surface area contributed by atoms with Gasteiger partial charge in [-0.25, -0.2) is 4.99 Å². The smallest absolute Gasteiger partial charge is 0.254 e. The van der Waals surface area contributed by atoms with Gasteiger partial charge in [-0.2, -0.15) is 5.10 Å². The standard InChI is InChI=1S/C27H32N6O3/c1-16-11-17(2)30-27(35)23(16)14-28-26(34)22-13-21-12-20(24-5-6-29-31-24)15-33(21)25(18(22)3)19(4)32-7-9-36-10-8-32/h5-6,11-13,15,19,23H,7-10,14H2,1-4H3,(H,28,34)(H,29,31). The van der Waals surface area contributed by atoms with E-state index in [1.165, 1.54) is 0 Å². The molecule has 5 heterocycles. The largest absolute Gasteiger partial charge is 0.379 e. The summed E-state index contributed by atoms with van der Waals surface area (Å²) in [7, 11) is 0. The van der Waals surface area contributed by atoms with Crippen LogP contribution in [0.4, 0.5) is 0 Å². The summed E-state index contributed by atoms with van der Waals surface area (Å²) in [4.78, 5) is 32.4. The van der Waals surface area contributed by atoms with E-state index in [-0.39, 0.29) is 24.4 Å². The van der Waals surface area contributed by atoms with Crippen molar-refractivity contribution >= 4 is 23.0 Å². The van der Waals surface area contributed by atoms with Crippen LogP contribution < -0.4 is 5.32 Å². The van der Waals surface area contributed by atoms with Crippen LogP contribution in [0, 0.1) is 12.8 Å². The van der Waals surface area contributed by atoms with Crippen molar-refractivity contribution in [3.63, 3.8) is 0 Å². The minimum absolute atomic E-state index is 0.0774. The van der Waals surface area contributed by atoms with Crippen molar-refractivity contribution in [3.8, 4) is 11.3 Å². The molecule has 2 aliphatic heterocycles. The fourth-order valence-corrected chi connectivity index (χ4v) is 5.27. The van der Waals surface area contributed by atoms with E-state index in [0.29, 0.717) is 24.5 Å². The summed E-state index contributed by atoms with van der Waals surface area (Å²) in [6.45, 7) is 11.2. The molecule has 0 radical (unpaired) electrons. The lowest BCUT2D eigenvalue weighted by molar-refractivity contribution is -0.120. The van der Waals surface area contributed by atoms with E-state index in [1.807, 2.05) is 32.1 Å². The maximum Gasteiger partial charge on any atom is 0.254 e. The second-order valence-corrected chi connectivity index (χ2v) is 9.63. The van der Waals surface area contributed by atoms with Crippen molar-refractivity contribution in [3.05, 3.63) is 59.1 Å². The van der Waals surface area contributed by atoms with E-state index in [9.17, 15) is 9.59 Å². The van der Waals surface area contributed by atoms with Gasteiger partial charge in [-0.05, 0) is 57.5 Å². The van der Waals surface area contributed by atoms with Crippen LogP contribution in [-0.2, 0) is 9.53 Å². The van der Waals surface area contributed by atoms with Gasteiger partial charge >= 0.3 is 0 Å². The highest BCUT2D eigenvalue weighted by Gasteiger charge is 2.27. The maximum atomic E-state index is 13.5. The molecule has 36 heavy (non-hydrogen) atoms. The van der Waals surface area contributed by atoms with Gasteiger partial charge in [0.05, 0.1) is 24.8 Å². The zero-order valence-electron chi connectivity index (χ0n) is 21.2. The van der Waals surface area contributed by atoms with Crippen LogP contribution >= 0.6 is 0 Å². The number of nitrogens with zero attached hydrogens (tertiary/aromatic N) is 4. The van der Waals surface area contributed by atoms with Crippen LogP contribution in [0.1, 0.15) is 48.4 Å². The van der Waals surface area contributed by atoms with E-state index >= 15 is 0 Å². The fraction of sp³-hybridized carbons (Fsp3) is 0.407. The van der Waals surface area contributed by atoms with Crippen molar-refractivity contribution < 1.29 is 14.3 Å². The van der Waals surface area contributed by atoms with Gasteiger partial charge in [-0.1, -0.05) is 5.57 Å². The number of hydrogen-bond donors (Lipinski definition) is 2. The summed E-state index contributed by atoms with van der Waals surface area (Å²) >= 11 is 0. The number of carbonyl (C=O) groups is 2. The van der Waals surface area contributed by atoms with Crippen LogP contribution in [0.15, 0.2) is 47.2 Å². The number of nitrogens with one attached hydrogen (secondary N) is 2. The Morgan fingerprint density at radius 2 is 2.03 bits per heavy atom. The summed E-state index contributed by atoms with van der Waals surface area (Å²) in [5.74, 6) is -0.840. The van der Waals surface area contributed by atoms with Gasteiger partial charge in [0.25, 0.3) is 11.8 Å². The topological polar surface area (TPSA) is 104 Å². The molecule has 5 rings (SSSR count). The molecule has 3 aromatic heterocycles. The zero-order chi connectivity index (χ0) is 25.4. The van der Waals surface area contributed by atoms with Crippen LogP contribution in [-0.4, -0.2) is 69.9 Å². The first-order chi connectivity index (χ1) is 17.3. The molecule has 0 saturated carbocycles. The summed E-state index contributed by atoms with van der Waals surface area (Å²) in [6, 6.07) is 6.00. The first-order valence-electron chi connectivity index (χ1n) is 12.4. The molecule has 1 fully saturated rings. The molecule has 2 amide bonds. The monoisotopic (exact) mass is 488 g/mol. The van der Waals surface area contributed by atoms with Crippen molar-refractivity contribution in [2.45, 2.75) is 33.7 Å². The molecule has 2 atom stereocenters. The molecule has 0 spiro atoms. The number of amides is 2. The molecule has 9 nitrogen and oxygen atoms in total. The number of carbonyl (C=O) groups excluding carboxylic acids is 2. The highest BCUT2D eigenvalue weighted by Crippen LogP contribution is 2.31. The number of H-pyrrole nitrogens is 1. The fourth-order valence-electron chi connectivity index (χ4n) is 5.27. The third kappa shape index (κ3) is 4.52. The SMILES string of the molecule is CC1=CC(C)=NC(=O)C1CNC(=O)c1cc2cc(-c3ccn[nH]3)cn2c(C(C)N2CCOCC2)c1C. The first-order valence-corrected chi connectivity index (χ1v) is 12.4. The Labute approximate surface area is 210 Å². The van der Waals surface area contributed by atoms with E-state index in [1.54, 1.807) is 13.1 Å². The summed E-state index contributed by atoms with van der Waals surface area (Å²) in [6.07, 6.45) is 5.72. The number of aliphatic imine (C=N–C) groups is 1. The molecular formula is C27H32N6O3. The molecule has 1 saturated heterocycles. The molecule has 2 unspecified atom stereocenters. The van der Waals surface area contributed by atoms with Crippen LogP contribution in [0.2, 0.25) is 0 Å². The maximum absolute atomic E-state index is 13.5. The summed E-state index contributed by atoms with van der Waals surface area (Å²) in [5, 5.41) is 10.1. The molecule has 0 bridgehead atoms. The molecule has 2 aliphatic rings. The van der Waals surface area contributed by atoms with Crippen molar-refractivity contribution in [2.75, 3.05) is 32.8 Å². The van der Waals surface area contributed by atoms with Crippen molar-refractivity contribution in [2.24, 2.45) is 10.9 Å². The Morgan fingerprint density at radius 1 is 1.25 bits per heavy atom. The lowest BCUT2D eigenvalue weighted by Gasteiger charge is -2.34. The normalized spacial score (nSPS) is 19.8. The highest BCUT2D eigenvalue weighted by molar-refractivity contribution is 6.06. The molecule has 0 aliphatic carbocycles. The predicted molar refractivity (Wildman–Crippen MR) is 138 cm³/mol. The number of morpholine rings is 1. The number of rotatable bonds is 6. The van der Waals surface area contributed by atoms with Crippen LogP contribution in [0.3, 0.4) is 0 Å². The van der Waals surface area contributed by atoms with E-state index < -0.39 is 5.92 Å². The van der Waals surface area contributed by atoms with Gasteiger partial charge < -0.3 is 14.5 Å². The van der Waals surface area contributed by atoms with Gasteiger partial charge in [0.15, 0.2) is 0 Å². The Morgan fingerprint density at radius 3 is 2.72 bits per heavy atom. The summed E-state index contributed by atoms with van der Waals surface area (Å²) in [5.41, 5.74) is 7.05. The predicted octanol–water partition coefficient (Wildman–Crippen LogP) is 3.32. The van der Waals surface area contributed by atoms with Gasteiger partial charge in [0.2, 0.25) is 0 Å². The number of dihydropyridines is 1. The molecule has 9 heteroatoms. The Kier molecular flexibility index (Phi) is 6.59. The Balaban J connectivity index is 1.51. The molecular weight excluding hydrogens is 456 g/mol. The highest BCUT2D eigenvalue weighted by atomic mass is 16.5. The van der Waals surface area contributed by atoms with Gasteiger partial charge in [-0.3, -0.25) is 19.6 Å². The number of hydrogen-bond acceptors (Lipinski definition) is 5. The van der Waals surface area contributed by atoms with Gasteiger partial charge in [0, 0.05) is 66.1 Å². The first kappa shape index (κ1) is 24.1. The number of allylic oxidation sites excluding steroid dienone is 1. The molecule has 188 valence electrons. The van der Waals surface area contributed by atoms with E-state index in [4.69, 9.17) is 4.74 Å². The van der Waals surface area contributed by atoms with Crippen LogP contribution in [0.5, 0.6) is 0 Å². The lowest BCUT2D eigenvalue weighted by atomic mass is 9.95. The molecule has 3 aromatic rings. The third-order valence-electron chi connectivity index (χ3n) is 7.27. The molecule has 2 N–H and O–H groups in total. The van der Waals surface area contributed by atoms with Gasteiger partial charge in [-0.15, -0.1) is 0 Å².